The highest BCUT2D eigenvalue weighted by atomic mass is 16.2. The minimum Gasteiger partial charge on any atom is -0.330 e. The fraction of sp³-hybridized carbons (Fsp3) is 0.444. The van der Waals surface area contributed by atoms with E-state index in [-0.39, 0.29) is 5.91 Å². The van der Waals surface area contributed by atoms with Gasteiger partial charge in [-0.3, -0.25) is 4.79 Å². The number of aryl methyl sites for hydroxylation is 1. The van der Waals surface area contributed by atoms with E-state index in [2.05, 4.69) is 15.3 Å². The van der Waals surface area contributed by atoms with Crippen LogP contribution in [0, 0.1) is 6.92 Å². The van der Waals surface area contributed by atoms with Crippen molar-refractivity contribution in [3.05, 3.63) is 47.8 Å². The second kappa shape index (κ2) is 5.81. The van der Waals surface area contributed by atoms with Gasteiger partial charge in [0, 0.05) is 24.3 Å². The van der Waals surface area contributed by atoms with Crippen LogP contribution in [0.5, 0.6) is 0 Å². The number of rotatable bonds is 2. The summed E-state index contributed by atoms with van der Waals surface area (Å²) in [7, 11) is 0. The lowest BCUT2D eigenvalue weighted by Crippen LogP contribution is -2.42. The van der Waals surface area contributed by atoms with Crippen LogP contribution in [0.4, 0.5) is 0 Å². The molecule has 2 unspecified atom stereocenters. The molecule has 1 aromatic carbocycles. The molecule has 0 aliphatic carbocycles. The number of hydrogen-bond donors (Lipinski definition) is 1. The van der Waals surface area contributed by atoms with Gasteiger partial charge in [0.15, 0.2) is 5.69 Å². The predicted octanol–water partition coefficient (Wildman–Crippen LogP) is 2.15. The summed E-state index contributed by atoms with van der Waals surface area (Å²) in [5.41, 5.74) is 2.54. The number of carbonyl (C=O) groups excluding carboxylic acids is 1. The average Bonchev–Trinajstić information content (AvgIpc) is 3.06. The minimum absolute atomic E-state index is 0.0824. The predicted molar refractivity (Wildman–Crippen MR) is 88.8 cm³/mol. The molecule has 1 aromatic heterocycles. The molecule has 2 aromatic rings. The molecule has 5 nitrogen and oxygen atoms in total. The Morgan fingerprint density at radius 2 is 1.96 bits per heavy atom. The molecule has 1 N–H and O–H groups in total. The Balaban J connectivity index is 1.65. The maximum atomic E-state index is 13.0. The third-order valence-corrected chi connectivity index (χ3v) is 5.00. The van der Waals surface area contributed by atoms with Crippen molar-refractivity contribution in [2.75, 3.05) is 13.1 Å². The molecule has 1 amide bonds. The zero-order valence-electron chi connectivity index (χ0n) is 13.4. The first-order chi connectivity index (χ1) is 11.2. The van der Waals surface area contributed by atoms with Crippen LogP contribution < -0.4 is 5.32 Å². The normalized spacial score (nSPS) is 23.8. The fourth-order valence-electron chi connectivity index (χ4n) is 3.86. The van der Waals surface area contributed by atoms with Crippen molar-refractivity contribution in [1.82, 2.24) is 20.0 Å². The van der Waals surface area contributed by atoms with E-state index in [4.69, 9.17) is 0 Å². The van der Waals surface area contributed by atoms with E-state index in [0.29, 0.717) is 17.8 Å². The Bertz CT molecular complexity index is 695. The lowest BCUT2D eigenvalue weighted by Gasteiger charge is -2.27. The van der Waals surface area contributed by atoms with E-state index in [1.54, 1.807) is 0 Å². The molecule has 2 fully saturated rings. The number of fused-ring (bicyclic) bond motifs is 2. The Kier molecular flexibility index (Phi) is 3.65. The molecule has 23 heavy (non-hydrogen) atoms. The number of aromatic nitrogens is 2. The number of carbonyl (C=O) groups is 1. The lowest BCUT2D eigenvalue weighted by atomic mass is 10.1. The van der Waals surface area contributed by atoms with Crippen molar-refractivity contribution in [2.24, 2.45) is 0 Å². The van der Waals surface area contributed by atoms with Crippen molar-refractivity contribution < 1.29 is 4.79 Å². The zero-order chi connectivity index (χ0) is 15.8. The van der Waals surface area contributed by atoms with Crippen LogP contribution in [0.2, 0.25) is 0 Å². The Morgan fingerprint density at radius 1 is 1.17 bits per heavy atom. The number of nitrogens with zero attached hydrogens (tertiary/aromatic N) is 3. The zero-order valence-corrected chi connectivity index (χ0v) is 13.4. The van der Waals surface area contributed by atoms with Gasteiger partial charge in [-0.25, -0.2) is 4.68 Å². The SMILES string of the molecule is Cc1cc(C(=O)N2C3CCNCC2CC3)nn1-c1ccccc1. The highest BCUT2D eigenvalue weighted by Gasteiger charge is 2.39. The van der Waals surface area contributed by atoms with Gasteiger partial charge in [-0.2, -0.15) is 5.10 Å². The van der Waals surface area contributed by atoms with E-state index < -0.39 is 0 Å². The standard InChI is InChI=1S/C18H22N4O/c1-13-11-17(20-22(13)15-5-3-2-4-6-15)18(23)21-14-7-8-16(21)12-19-10-9-14/h2-6,11,14,16,19H,7-10,12H2,1H3. The maximum absolute atomic E-state index is 13.0. The maximum Gasteiger partial charge on any atom is 0.274 e. The summed E-state index contributed by atoms with van der Waals surface area (Å²) in [6.45, 7) is 3.90. The van der Waals surface area contributed by atoms with Crippen LogP contribution in [0.3, 0.4) is 0 Å². The third-order valence-electron chi connectivity index (χ3n) is 5.00. The molecule has 120 valence electrons. The van der Waals surface area contributed by atoms with Gasteiger partial charge in [0.2, 0.25) is 0 Å². The van der Waals surface area contributed by atoms with Crippen LogP contribution in [0.15, 0.2) is 36.4 Å². The van der Waals surface area contributed by atoms with Gasteiger partial charge in [-0.05, 0) is 50.9 Å². The van der Waals surface area contributed by atoms with Gasteiger partial charge in [0.1, 0.15) is 0 Å². The van der Waals surface area contributed by atoms with E-state index in [1.807, 2.05) is 48.0 Å². The summed E-state index contributed by atoms with van der Waals surface area (Å²) in [6.07, 6.45) is 3.26. The summed E-state index contributed by atoms with van der Waals surface area (Å²) in [5.74, 6) is 0.0824. The summed E-state index contributed by atoms with van der Waals surface area (Å²) < 4.78 is 1.85. The van der Waals surface area contributed by atoms with Crippen molar-refractivity contribution in [3.63, 3.8) is 0 Å². The second-order valence-electron chi connectivity index (χ2n) is 6.51. The smallest absolute Gasteiger partial charge is 0.274 e. The van der Waals surface area contributed by atoms with Gasteiger partial charge in [0.25, 0.3) is 5.91 Å². The fourth-order valence-corrected chi connectivity index (χ4v) is 3.86. The van der Waals surface area contributed by atoms with Crippen LogP contribution in [-0.4, -0.2) is 45.8 Å². The first kappa shape index (κ1) is 14.5. The van der Waals surface area contributed by atoms with E-state index in [9.17, 15) is 4.79 Å². The molecule has 0 radical (unpaired) electrons. The molecule has 5 heteroatoms. The summed E-state index contributed by atoms with van der Waals surface area (Å²) >= 11 is 0. The highest BCUT2D eigenvalue weighted by molar-refractivity contribution is 5.93. The summed E-state index contributed by atoms with van der Waals surface area (Å²) in [5, 5.41) is 8.03. The largest absolute Gasteiger partial charge is 0.330 e. The molecule has 4 rings (SSSR count). The minimum atomic E-state index is 0.0824. The van der Waals surface area contributed by atoms with E-state index in [0.717, 1.165) is 43.7 Å². The van der Waals surface area contributed by atoms with Gasteiger partial charge in [-0.1, -0.05) is 18.2 Å². The number of amides is 1. The monoisotopic (exact) mass is 310 g/mol. The first-order valence-electron chi connectivity index (χ1n) is 8.39. The molecule has 3 heterocycles. The molecular formula is C18H22N4O. The average molecular weight is 310 g/mol. The van der Waals surface area contributed by atoms with Crippen LogP contribution >= 0.6 is 0 Å². The molecule has 2 aliphatic rings. The highest BCUT2D eigenvalue weighted by Crippen LogP contribution is 2.29. The van der Waals surface area contributed by atoms with Gasteiger partial charge in [-0.15, -0.1) is 0 Å². The van der Waals surface area contributed by atoms with Crippen molar-refractivity contribution in [3.8, 4) is 5.69 Å². The van der Waals surface area contributed by atoms with Crippen molar-refractivity contribution in [1.29, 1.82) is 0 Å². The van der Waals surface area contributed by atoms with Gasteiger partial charge < -0.3 is 10.2 Å². The lowest BCUT2D eigenvalue weighted by molar-refractivity contribution is 0.0673. The summed E-state index contributed by atoms with van der Waals surface area (Å²) in [6, 6.07) is 12.6. The van der Waals surface area contributed by atoms with Crippen molar-refractivity contribution in [2.45, 2.75) is 38.3 Å². The molecular weight excluding hydrogens is 288 g/mol. The van der Waals surface area contributed by atoms with Gasteiger partial charge in [0.05, 0.1) is 5.69 Å². The first-order valence-corrected chi connectivity index (χ1v) is 8.39. The molecule has 0 saturated carbocycles. The second-order valence-corrected chi connectivity index (χ2v) is 6.51. The Hall–Kier alpha value is -2.14. The van der Waals surface area contributed by atoms with E-state index in [1.165, 1.54) is 0 Å². The third kappa shape index (κ3) is 2.55. The number of benzene rings is 1. The topological polar surface area (TPSA) is 50.2 Å². The number of nitrogens with one attached hydrogen (secondary N) is 1. The Morgan fingerprint density at radius 3 is 2.78 bits per heavy atom. The molecule has 2 saturated heterocycles. The van der Waals surface area contributed by atoms with Crippen molar-refractivity contribution >= 4 is 5.91 Å². The quantitative estimate of drug-likeness (QED) is 0.924. The van der Waals surface area contributed by atoms with E-state index >= 15 is 0 Å². The van der Waals surface area contributed by atoms with Gasteiger partial charge >= 0.3 is 0 Å². The molecule has 2 bridgehead atoms. The molecule has 2 atom stereocenters. The van der Waals surface area contributed by atoms with Crippen LogP contribution in [0.1, 0.15) is 35.4 Å². The molecule has 0 spiro atoms. The summed E-state index contributed by atoms with van der Waals surface area (Å²) in [4.78, 5) is 15.1. The van der Waals surface area contributed by atoms with Crippen LogP contribution in [0.25, 0.3) is 5.69 Å². The number of hydrogen-bond acceptors (Lipinski definition) is 3. The Labute approximate surface area is 136 Å². The number of para-hydroxylation sites is 1. The molecule has 2 aliphatic heterocycles. The van der Waals surface area contributed by atoms with Crippen LogP contribution in [-0.2, 0) is 0 Å².